The molecule has 0 aliphatic heterocycles. The van der Waals surface area contributed by atoms with E-state index in [1.165, 1.54) is 38.5 Å². The minimum absolute atomic E-state index is 0.904. The average Bonchev–Trinajstić information content (AvgIpc) is 2.03. The Labute approximate surface area is 78.8 Å². The van der Waals surface area contributed by atoms with Gasteiger partial charge in [-0.05, 0) is 18.3 Å². The van der Waals surface area contributed by atoms with Crippen molar-refractivity contribution < 1.29 is 0 Å². The normalized spacial score (nSPS) is 13.8. The minimum atomic E-state index is 0.904. The largest absolute Gasteiger partial charge is 0.0654 e. The Morgan fingerprint density at radius 3 is 2.00 bits per heavy atom. The van der Waals surface area contributed by atoms with Gasteiger partial charge in [-0.1, -0.05) is 59.8 Å². The van der Waals surface area contributed by atoms with E-state index < -0.39 is 0 Å². The molecule has 0 aliphatic carbocycles. The molecule has 1 radical (unpaired) electrons. The Balaban J connectivity index is 3.49. The average molecular weight is 169 g/mol. The Bertz CT molecular complexity index is 84.0. The van der Waals surface area contributed by atoms with Crippen LogP contribution in [-0.2, 0) is 0 Å². The van der Waals surface area contributed by atoms with Crippen LogP contribution in [0.4, 0.5) is 0 Å². The van der Waals surface area contributed by atoms with Gasteiger partial charge in [-0.3, -0.25) is 0 Å². The molecule has 0 aliphatic rings. The molecule has 1 atom stereocenters. The molecule has 0 bridgehead atoms. The van der Waals surface area contributed by atoms with E-state index in [-0.39, 0.29) is 0 Å². The van der Waals surface area contributed by atoms with Gasteiger partial charge in [-0.15, -0.1) is 0 Å². The van der Waals surface area contributed by atoms with Crippen molar-refractivity contribution in [2.45, 2.75) is 66.2 Å². The van der Waals surface area contributed by atoms with Crippen LogP contribution in [0.1, 0.15) is 66.2 Å². The molecule has 0 aromatic rings. The lowest BCUT2D eigenvalue weighted by molar-refractivity contribution is 0.440. The predicted molar refractivity (Wildman–Crippen MR) is 57.1 cm³/mol. The third kappa shape index (κ3) is 5.62. The molecule has 1 unspecified atom stereocenters. The van der Waals surface area contributed by atoms with Crippen LogP contribution in [0, 0.1) is 11.8 Å². The van der Waals surface area contributed by atoms with Gasteiger partial charge < -0.3 is 0 Å². The molecule has 0 fully saturated rings. The molecule has 0 rings (SSSR count). The van der Waals surface area contributed by atoms with Crippen LogP contribution >= 0.6 is 0 Å². The molecule has 0 saturated carbocycles. The van der Waals surface area contributed by atoms with Gasteiger partial charge in [0.05, 0.1) is 0 Å². The molecule has 73 valence electrons. The van der Waals surface area contributed by atoms with Crippen LogP contribution in [0.2, 0.25) is 0 Å². The maximum atomic E-state index is 2.29. The van der Waals surface area contributed by atoms with Crippen molar-refractivity contribution in [3.05, 3.63) is 5.92 Å². The Hall–Kier alpha value is 0. The van der Waals surface area contributed by atoms with Gasteiger partial charge in [-0.25, -0.2) is 0 Å². The van der Waals surface area contributed by atoms with E-state index >= 15 is 0 Å². The maximum absolute atomic E-state index is 2.29. The SMILES string of the molecule is CCCCCC(CCC)[C](C)C. The van der Waals surface area contributed by atoms with Crippen LogP contribution in [0.15, 0.2) is 0 Å². The van der Waals surface area contributed by atoms with Gasteiger partial charge in [0.1, 0.15) is 0 Å². The number of rotatable bonds is 7. The van der Waals surface area contributed by atoms with Gasteiger partial charge in [-0.2, -0.15) is 0 Å². The summed E-state index contributed by atoms with van der Waals surface area (Å²) in [6.45, 7) is 9.13. The quantitative estimate of drug-likeness (QED) is 0.489. The lowest BCUT2D eigenvalue weighted by Crippen LogP contribution is -2.06. The van der Waals surface area contributed by atoms with E-state index in [1.807, 2.05) is 0 Å². The van der Waals surface area contributed by atoms with Crippen molar-refractivity contribution in [2.24, 2.45) is 5.92 Å². The molecule has 0 aromatic carbocycles. The minimum Gasteiger partial charge on any atom is -0.0654 e. The lowest BCUT2D eigenvalue weighted by Gasteiger charge is -2.19. The highest BCUT2D eigenvalue weighted by Crippen LogP contribution is 2.24. The first-order valence-electron chi connectivity index (χ1n) is 5.52. The van der Waals surface area contributed by atoms with Crippen LogP contribution < -0.4 is 0 Å². The van der Waals surface area contributed by atoms with Crippen LogP contribution in [-0.4, -0.2) is 0 Å². The molecule has 0 saturated heterocycles. The Morgan fingerprint density at radius 1 is 0.917 bits per heavy atom. The summed E-state index contributed by atoms with van der Waals surface area (Å²) in [5.74, 6) is 2.54. The van der Waals surface area contributed by atoms with E-state index in [2.05, 4.69) is 27.7 Å². The molecule has 0 N–H and O–H groups in total. The van der Waals surface area contributed by atoms with E-state index in [9.17, 15) is 0 Å². The topological polar surface area (TPSA) is 0 Å². The van der Waals surface area contributed by atoms with Gasteiger partial charge >= 0.3 is 0 Å². The highest BCUT2D eigenvalue weighted by molar-refractivity contribution is 4.86. The van der Waals surface area contributed by atoms with Crippen molar-refractivity contribution >= 4 is 0 Å². The molecule has 12 heavy (non-hydrogen) atoms. The van der Waals surface area contributed by atoms with Crippen molar-refractivity contribution in [3.8, 4) is 0 Å². The third-order valence-corrected chi connectivity index (χ3v) is 2.61. The van der Waals surface area contributed by atoms with Crippen molar-refractivity contribution in [2.75, 3.05) is 0 Å². The fourth-order valence-corrected chi connectivity index (χ4v) is 1.71. The maximum Gasteiger partial charge on any atom is -0.0272 e. The third-order valence-electron chi connectivity index (χ3n) is 2.61. The molecule has 0 heteroatoms. The first-order chi connectivity index (χ1) is 5.72. The fraction of sp³-hybridized carbons (Fsp3) is 0.917. The standard InChI is InChI=1S/C12H25/c1-5-7-8-10-12(9-6-2)11(3)4/h12H,5-10H2,1-4H3. The second kappa shape index (κ2) is 7.64. The molecule has 0 aromatic heterocycles. The summed E-state index contributed by atoms with van der Waals surface area (Å²) < 4.78 is 0. The number of unbranched alkanes of at least 4 members (excludes halogenated alkanes) is 2. The van der Waals surface area contributed by atoms with Gasteiger partial charge in [0.15, 0.2) is 0 Å². The van der Waals surface area contributed by atoms with Crippen molar-refractivity contribution in [3.63, 3.8) is 0 Å². The predicted octanol–water partition coefficient (Wildman–Crippen LogP) is 4.60. The van der Waals surface area contributed by atoms with E-state index in [1.54, 1.807) is 5.92 Å². The summed E-state index contributed by atoms with van der Waals surface area (Å²) in [4.78, 5) is 0. The van der Waals surface area contributed by atoms with Gasteiger partial charge in [0.25, 0.3) is 0 Å². The summed E-state index contributed by atoms with van der Waals surface area (Å²) in [6, 6.07) is 0. The molecule has 0 heterocycles. The number of hydrogen-bond acceptors (Lipinski definition) is 0. The summed E-state index contributed by atoms with van der Waals surface area (Å²) in [7, 11) is 0. The first kappa shape index (κ1) is 12.0. The van der Waals surface area contributed by atoms with Gasteiger partial charge in [0.2, 0.25) is 0 Å². The fourth-order valence-electron chi connectivity index (χ4n) is 1.71. The lowest BCUT2D eigenvalue weighted by atomic mass is 9.87. The van der Waals surface area contributed by atoms with Crippen LogP contribution in [0.3, 0.4) is 0 Å². The van der Waals surface area contributed by atoms with E-state index in [0.29, 0.717) is 0 Å². The Morgan fingerprint density at radius 2 is 1.58 bits per heavy atom. The number of hydrogen-bond donors (Lipinski definition) is 0. The highest BCUT2D eigenvalue weighted by atomic mass is 14.2. The second-order valence-electron chi connectivity index (χ2n) is 4.06. The molecular formula is C12H25. The summed E-state index contributed by atoms with van der Waals surface area (Å²) in [5.41, 5.74) is 0. The molecule has 0 nitrogen and oxygen atoms in total. The summed E-state index contributed by atoms with van der Waals surface area (Å²) in [6.07, 6.45) is 8.33. The van der Waals surface area contributed by atoms with Crippen molar-refractivity contribution in [1.29, 1.82) is 0 Å². The zero-order chi connectivity index (χ0) is 9.40. The summed E-state index contributed by atoms with van der Waals surface area (Å²) in [5, 5.41) is 0. The first-order valence-corrected chi connectivity index (χ1v) is 5.52. The molecule has 0 amide bonds. The van der Waals surface area contributed by atoms with E-state index in [0.717, 1.165) is 5.92 Å². The Kier molecular flexibility index (Phi) is 7.64. The van der Waals surface area contributed by atoms with Gasteiger partial charge in [0, 0.05) is 0 Å². The summed E-state index contributed by atoms with van der Waals surface area (Å²) >= 11 is 0. The smallest absolute Gasteiger partial charge is 0.0272 e. The highest BCUT2D eigenvalue weighted by Gasteiger charge is 2.11. The second-order valence-corrected chi connectivity index (χ2v) is 4.06. The van der Waals surface area contributed by atoms with Crippen LogP contribution in [0.25, 0.3) is 0 Å². The van der Waals surface area contributed by atoms with Crippen molar-refractivity contribution in [1.82, 2.24) is 0 Å². The zero-order valence-electron chi connectivity index (χ0n) is 9.32. The molecule has 0 spiro atoms. The molecular weight excluding hydrogens is 144 g/mol. The zero-order valence-corrected chi connectivity index (χ0v) is 9.32. The monoisotopic (exact) mass is 169 g/mol. The van der Waals surface area contributed by atoms with E-state index in [4.69, 9.17) is 0 Å². The van der Waals surface area contributed by atoms with Crippen LogP contribution in [0.5, 0.6) is 0 Å².